The quantitative estimate of drug-likeness (QED) is 0.617. The molecule has 2 unspecified atom stereocenters. The van der Waals surface area contributed by atoms with Crippen molar-refractivity contribution in [2.75, 3.05) is 6.61 Å². The Kier molecular flexibility index (Phi) is 5.52. The van der Waals surface area contributed by atoms with Crippen LogP contribution in [-0.4, -0.2) is 18.4 Å². The number of carbonyl (C=O) groups is 2. The Labute approximate surface area is 121 Å². The molecule has 6 heteroatoms. The normalized spacial score (nSPS) is 14.4. The monoisotopic (exact) mass is 302 g/mol. The van der Waals surface area contributed by atoms with Gasteiger partial charge in [-0.3, -0.25) is 9.59 Å². The van der Waals surface area contributed by atoms with E-state index in [1.54, 1.807) is 13.8 Å². The summed E-state index contributed by atoms with van der Waals surface area (Å²) in [6.45, 7) is 4.48. The summed E-state index contributed by atoms with van der Waals surface area (Å²) < 4.78 is 43.0. The number of carbonyl (C=O) groups excluding carboxylic acids is 2. The third-order valence-corrected chi connectivity index (χ3v) is 3.22. The number of hydrogen-bond donors (Lipinski definition) is 0. The highest BCUT2D eigenvalue weighted by Crippen LogP contribution is 2.33. The van der Waals surface area contributed by atoms with Crippen LogP contribution in [0.5, 0.6) is 0 Å². The number of halogens is 3. The average Bonchev–Trinajstić information content (AvgIpc) is 2.37. The van der Waals surface area contributed by atoms with Crippen molar-refractivity contribution in [3.63, 3.8) is 0 Å². The minimum Gasteiger partial charge on any atom is -0.465 e. The fourth-order valence-electron chi connectivity index (χ4n) is 2.14. The molecule has 0 aromatic heterocycles. The van der Waals surface area contributed by atoms with Gasteiger partial charge >= 0.3 is 12.1 Å². The molecule has 0 bridgehead atoms. The molecule has 2 atom stereocenters. The molecule has 0 saturated carbocycles. The molecule has 0 fully saturated rings. The third kappa shape index (κ3) is 4.31. The average molecular weight is 302 g/mol. The standard InChI is InChI=1S/C15H17F3O3/c1-4-21-14(20)13(10(3)19)9(2)11-6-5-7-12(8-11)15(16,17)18/h5-9,13H,4H2,1-3H3. The zero-order valence-corrected chi connectivity index (χ0v) is 12.0. The van der Waals surface area contributed by atoms with Crippen LogP contribution in [0.25, 0.3) is 0 Å². The molecule has 0 spiro atoms. The van der Waals surface area contributed by atoms with Crippen LogP contribution in [0.15, 0.2) is 24.3 Å². The molecular weight excluding hydrogens is 285 g/mol. The van der Waals surface area contributed by atoms with Gasteiger partial charge in [0.15, 0.2) is 0 Å². The van der Waals surface area contributed by atoms with Gasteiger partial charge in [0.2, 0.25) is 0 Å². The van der Waals surface area contributed by atoms with Gasteiger partial charge in [-0.2, -0.15) is 13.2 Å². The van der Waals surface area contributed by atoms with Crippen molar-refractivity contribution >= 4 is 11.8 Å². The molecule has 0 amide bonds. The number of ether oxygens (including phenoxy) is 1. The van der Waals surface area contributed by atoms with E-state index in [0.29, 0.717) is 0 Å². The molecule has 3 nitrogen and oxygen atoms in total. The number of Topliss-reactive ketones (excluding diaryl/α,β-unsaturated/α-hetero) is 1. The molecular formula is C15H17F3O3. The molecule has 0 N–H and O–H groups in total. The molecule has 1 aromatic carbocycles. The number of esters is 1. The van der Waals surface area contributed by atoms with Gasteiger partial charge in [0.05, 0.1) is 12.2 Å². The van der Waals surface area contributed by atoms with Crippen LogP contribution < -0.4 is 0 Å². The van der Waals surface area contributed by atoms with Crippen LogP contribution >= 0.6 is 0 Å². The summed E-state index contributed by atoms with van der Waals surface area (Å²) in [5, 5.41) is 0. The first-order valence-corrected chi connectivity index (χ1v) is 6.52. The summed E-state index contributed by atoms with van der Waals surface area (Å²) in [5.74, 6) is -2.94. The van der Waals surface area contributed by atoms with Gasteiger partial charge < -0.3 is 4.74 Å². The molecule has 1 rings (SSSR count). The molecule has 116 valence electrons. The highest BCUT2D eigenvalue weighted by Gasteiger charge is 2.34. The van der Waals surface area contributed by atoms with Crippen LogP contribution in [0.1, 0.15) is 37.8 Å². The van der Waals surface area contributed by atoms with Crippen molar-refractivity contribution in [1.82, 2.24) is 0 Å². The van der Waals surface area contributed by atoms with E-state index in [1.807, 2.05) is 0 Å². The van der Waals surface area contributed by atoms with Gasteiger partial charge in [-0.15, -0.1) is 0 Å². The maximum Gasteiger partial charge on any atom is 0.416 e. The van der Waals surface area contributed by atoms with Gasteiger partial charge in [0.25, 0.3) is 0 Å². The Morgan fingerprint density at radius 2 is 1.90 bits per heavy atom. The molecule has 0 aliphatic heterocycles. The molecule has 0 aliphatic carbocycles. The summed E-state index contributed by atoms with van der Waals surface area (Å²) >= 11 is 0. The summed E-state index contributed by atoms with van der Waals surface area (Å²) in [6, 6.07) is 4.63. The molecule has 1 aromatic rings. The van der Waals surface area contributed by atoms with Crippen molar-refractivity contribution in [2.45, 2.75) is 32.9 Å². The van der Waals surface area contributed by atoms with Gasteiger partial charge in [-0.1, -0.05) is 25.1 Å². The minimum atomic E-state index is -4.47. The van der Waals surface area contributed by atoms with Crippen molar-refractivity contribution in [3.8, 4) is 0 Å². The number of benzene rings is 1. The maximum absolute atomic E-state index is 12.7. The van der Waals surface area contributed by atoms with Crippen LogP contribution in [0.4, 0.5) is 13.2 Å². The third-order valence-electron chi connectivity index (χ3n) is 3.22. The SMILES string of the molecule is CCOC(=O)C(C(C)=O)C(C)c1cccc(C(F)(F)F)c1. The lowest BCUT2D eigenvalue weighted by molar-refractivity contribution is -0.151. The first-order chi connectivity index (χ1) is 9.68. The topological polar surface area (TPSA) is 43.4 Å². The lowest BCUT2D eigenvalue weighted by Gasteiger charge is -2.21. The van der Waals surface area contributed by atoms with Crippen LogP contribution in [0.2, 0.25) is 0 Å². The fraction of sp³-hybridized carbons (Fsp3) is 0.467. The largest absolute Gasteiger partial charge is 0.465 e. The zero-order valence-electron chi connectivity index (χ0n) is 12.0. The lowest BCUT2D eigenvalue weighted by atomic mass is 9.84. The number of ketones is 1. The summed E-state index contributed by atoms with van der Waals surface area (Å²) in [6.07, 6.45) is -4.47. The first kappa shape index (κ1) is 17.2. The second-order valence-electron chi connectivity index (χ2n) is 4.75. The van der Waals surface area contributed by atoms with E-state index in [9.17, 15) is 22.8 Å². The van der Waals surface area contributed by atoms with E-state index in [4.69, 9.17) is 4.74 Å². The van der Waals surface area contributed by atoms with E-state index in [0.717, 1.165) is 12.1 Å². The minimum absolute atomic E-state index is 0.109. The van der Waals surface area contributed by atoms with E-state index in [1.165, 1.54) is 19.1 Å². The summed E-state index contributed by atoms with van der Waals surface area (Å²) in [5.41, 5.74) is -0.531. The predicted molar refractivity (Wildman–Crippen MR) is 70.7 cm³/mol. The summed E-state index contributed by atoms with van der Waals surface area (Å²) in [7, 11) is 0. The second kappa shape index (κ2) is 6.74. The van der Waals surface area contributed by atoms with E-state index in [-0.39, 0.29) is 12.2 Å². The number of hydrogen-bond acceptors (Lipinski definition) is 3. The predicted octanol–water partition coefficient (Wildman–Crippen LogP) is 3.58. The van der Waals surface area contributed by atoms with Crippen molar-refractivity contribution < 1.29 is 27.5 Å². The van der Waals surface area contributed by atoms with Gasteiger partial charge in [-0.05, 0) is 25.5 Å². The molecule has 0 aliphatic rings. The molecule has 21 heavy (non-hydrogen) atoms. The summed E-state index contributed by atoms with van der Waals surface area (Å²) in [4.78, 5) is 23.4. The Morgan fingerprint density at radius 1 is 1.29 bits per heavy atom. The van der Waals surface area contributed by atoms with Crippen molar-refractivity contribution in [2.24, 2.45) is 5.92 Å². The zero-order chi connectivity index (χ0) is 16.2. The highest BCUT2D eigenvalue weighted by atomic mass is 19.4. The van der Waals surface area contributed by atoms with Gasteiger partial charge in [0, 0.05) is 5.92 Å². The van der Waals surface area contributed by atoms with E-state index < -0.39 is 35.3 Å². The molecule has 0 radical (unpaired) electrons. The van der Waals surface area contributed by atoms with Crippen LogP contribution in [0, 0.1) is 5.92 Å². The maximum atomic E-state index is 12.7. The highest BCUT2D eigenvalue weighted by molar-refractivity contribution is 5.98. The van der Waals surface area contributed by atoms with Gasteiger partial charge in [-0.25, -0.2) is 0 Å². The number of rotatable bonds is 5. The molecule has 0 saturated heterocycles. The van der Waals surface area contributed by atoms with Gasteiger partial charge in [0.1, 0.15) is 11.7 Å². The Hall–Kier alpha value is -1.85. The smallest absolute Gasteiger partial charge is 0.416 e. The van der Waals surface area contributed by atoms with Crippen LogP contribution in [0.3, 0.4) is 0 Å². The van der Waals surface area contributed by atoms with Crippen molar-refractivity contribution in [3.05, 3.63) is 35.4 Å². The van der Waals surface area contributed by atoms with Crippen molar-refractivity contribution in [1.29, 1.82) is 0 Å². The Balaban J connectivity index is 3.13. The van der Waals surface area contributed by atoms with E-state index in [2.05, 4.69) is 0 Å². The Bertz CT molecular complexity index is 523. The van der Waals surface area contributed by atoms with E-state index >= 15 is 0 Å². The first-order valence-electron chi connectivity index (χ1n) is 6.52. The lowest BCUT2D eigenvalue weighted by Crippen LogP contribution is -2.29. The van der Waals surface area contributed by atoms with Crippen LogP contribution in [-0.2, 0) is 20.5 Å². The molecule has 0 heterocycles. The fourth-order valence-corrected chi connectivity index (χ4v) is 2.14. The number of alkyl halides is 3. The second-order valence-corrected chi connectivity index (χ2v) is 4.75. The Morgan fingerprint density at radius 3 is 2.38 bits per heavy atom.